The van der Waals surface area contributed by atoms with E-state index in [0.29, 0.717) is 12.2 Å². The number of rotatable bonds is 3. The third kappa shape index (κ3) is 3.58. The molecule has 0 atom stereocenters. The maximum atomic E-state index is 10.9. The van der Waals surface area contributed by atoms with Gasteiger partial charge >= 0.3 is 5.43 Å². The first kappa shape index (κ1) is 13.6. The van der Waals surface area contributed by atoms with Crippen LogP contribution in [0.4, 0.5) is 4.79 Å². The Morgan fingerprint density at radius 3 is 2.58 bits per heavy atom. The van der Waals surface area contributed by atoms with Crippen molar-refractivity contribution < 1.29 is 9.53 Å². The molecular weight excluding hydrogens is 260 g/mol. The van der Waals surface area contributed by atoms with Gasteiger partial charge in [0, 0.05) is 18.0 Å². The highest BCUT2D eigenvalue weighted by molar-refractivity contribution is 6.61. The summed E-state index contributed by atoms with van der Waals surface area (Å²) in [5, 5.41) is 0. The highest BCUT2D eigenvalue weighted by Crippen LogP contribution is 2.24. The van der Waals surface area contributed by atoms with Gasteiger partial charge in [-0.2, -0.15) is 0 Å². The number of ether oxygens (including phenoxy) is 1. The fraction of sp³-hybridized carbons (Fsp3) is 0.188. The maximum Gasteiger partial charge on any atom is 0.409 e. The molecule has 0 radical (unpaired) electrons. The first-order valence-corrected chi connectivity index (χ1v) is 6.45. The standard InChI is InChI=1S/C16H15ClO2/c1-11-7-8-12(2)14(9-11)10-13-5-3-4-6-15(13)19-16(17)18/h3-9H,10H2,1-2H3. The molecule has 0 aromatic heterocycles. The van der Waals surface area contributed by atoms with Crippen molar-refractivity contribution in [1.82, 2.24) is 0 Å². The molecule has 19 heavy (non-hydrogen) atoms. The van der Waals surface area contributed by atoms with Gasteiger partial charge in [-0.1, -0.05) is 42.0 Å². The molecule has 2 aromatic carbocycles. The number of aryl methyl sites for hydroxylation is 2. The van der Waals surface area contributed by atoms with Gasteiger partial charge in [-0.3, -0.25) is 0 Å². The summed E-state index contributed by atoms with van der Waals surface area (Å²) >= 11 is 5.28. The van der Waals surface area contributed by atoms with E-state index in [1.165, 1.54) is 16.7 Å². The predicted octanol–water partition coefficient (Wildman–Crippen LogP) is 4.63. The van der Waals surface area contributed by atoms with Crippen LogP contribution < -0.4 is 4.74 Å². The van der Waals surface area contributed by atoms with Crippen molar-refractivity contribution in [3.63, 3.8) is 0 Å². The lowest BCUT2D eigenvalue weighted by Gasteiger charge is -2.10. The zero-order valence-electron chi connectivity index (χ0n) is 10.9. The first-order chi connectivity index (χ1) is 9.06. The number of benzene rings is 2. The largest absolute Gasteiger partial charge is 0.414 e. The summed E-state index contributed by atoms with van der Waals surface area (Å²) in [7, 11) is 0. The van der Waals surface area contributed by atoms with E-state index in [2.05, 4.69) is 32.0 Å². The van der Waals surface area contributed by atoms with Crippen molar-refractivity contribution in [2.45, 2.75) is 20.3 Å². The predicted molar refractivity (Wildman–Crippen MR) is 77.0 cm³/mol. The molecule has 2 aromatic rings. The van der Waals surface area contributed by atoms with Crippen LogP contribution in [0.2, 0.25) is 0 Å². The Morgan fingerprint density at radius 1 is 1.11 bits per heavy atom. The highest BCUT2D eigenvalue weighted by Gasteiger charge is 2.08. The van der Waals surface area contributed by atoms with E-state index >= 15 is 0 Å². The first-order valence-electron chi connectivity index (χ1n) is 6.07. The van der Waals surface area contributed by atoms with Gasteiger partial charge in [-0.05, 0) is 36.6 Å². The molecule has 0 aliphatic rings. The van der Waals surface area contributed by atoms with Crippen molar-refractivity contribution in [2.75, 3.05) is 0 Å². The molecule has 0 amide bonds. The van der Waals surface area contributed by atoms with E-state index in [1.54, 1.807) is 6.07 Å². The van der Waals surface area contributed by atoms with Crippen molar-refractivity contribution in [3.05, 3.63) is 64.7 Å². The Labute approximate surface area is 118 Å². The lowest BCUT2D eigenvalue weighted by Crippen LogP contribution is -2.01. The molecular formula is C16H15ClO2. The van der Waals surface area contributed by atoms with Crippen LogP contribution >= 0.6 is 11.6 Å². The van der Waals surface area contributed by atoms with Crippen LogP contribution in [0, 0.1) is 13.8 Å². The Hall–Kier alpha value is -1.80. The van der Waals surface area contributed by atoms with Crippen LogP contribution in [0.25, 0.3) is 0 Å². The minimum Gasteiger partial charge on any atom is -0.414 e. The van der Waals surface area contributed by atoms with E-state index < -0.39 is 5.43 Å². The van der Waals surface area contributed by atoms with Gasteiger partial charge in [-0.25, -0.2) is 4.79 Å². The van der Waals surface area contributed by atoms with E-state index in [-0.39, 0.29) is 0 Å². The number of carbonyl (C=O) groups excluding carboxylic acids is 1. The second-order valence-corrected chi connectivity index (χ2v) is 4.86. The van der Waals surface area contributed by atoms with Gasteiger partial charge in [0.25, 0.3) is 0 Å². The van der Waals surface area contributed by atoms with Crippen LogP contribution in [0.1, 0.15) is 22.3 Å². The Bertz CT molecular complexity index is 605. The lowest BCUT2D eigenvalue weighted by atomic mass is 9.98. The minimum absolute atomic E-state index is 0.517. The Balaban J connectivity index is 2.32. The van der Waals surface area contributed by atoms with E-state index in [4.69, 9.17) is 16.3 Å². The van der Waals surface area contributed by atoms with Crippen molar-refractivity contribution >= 4 is 17.0 Å². The normalized spacial score (nSPS) is 10.3. The summed E-state index contributed by atoms with van der Waals surface area (Å²) < 4.78 is 5.01. The minimum atomic E-state index is -0.812. The van der Waals surface area contributed by atoms with Gasteiger partial charge in [0.1, 0.15) is 5.75 Å². The van der Waals surface area contributed by atoms with Crippen LogP contribution in [0.5, 0.6) is 5.75 Å². The van der Waals surface area contributed by atoms with Gasteiger partial charge in [0.05, 0.1) is 0 Å². The van der Waals surface area contributed by atoms with Crippen LogP contribution in [0.15, 0.2) is 42.5 Å². The van der Waals surface area contributed by atoms with Gasteiger partial charge in [-0.15, -0.1) is 0 Å². The zero-order chi connectivity index (χ0) is 13.8. The molecule has 0 saturated heterocycles. The maximum absolute atomic E-state index is 10.9. The molecule has 0 N–H and O–H groups in total. The van der Waals surface area contributed by atoms with E-state index in [9.17, 15) is 4.79 Å². The second kappa shape index (κ2) is 5.89. The quantitative estimate of drug-likeness (QED) is 0.763. The molecule has 0 bridgehead atoms. The van der Waals surface area contributed by atoms with Gasteiger partial charge in [0.2, 0.25) is 0 Å². The number of halogens is 1. The van der Waals surface area contributed by atoms with Crippen LogP contribution in [0.3, 0.4) is 0 Å². The fourth-order valence-corrected chi connectivity index (χ4v) is 2.11. The number of para-hydroxylation sites is 1. The molecule has 0 aliphatic heterocycles. The Morgan fingerprint density at radius 2 is 1.84 bits per heavy atom. The topological polar surface area (TPSA) is 26.3 Å². The summed E-state index contributed by atoms with van der Waals surface area (Å²) in [6.07, 6.45) is 0.716. The van der Waals surface area contributed by atoms with E-state index in [1.807, 2.05) is 18.2 Å². The lowest BCUT2D eigenvalue weighted by molar-refractivity contribution is 0.225. The molecule has 0 spiro atoms. The monoisotopic (exact) mass is 274 g/mol. The smallest absolute Gasteiger partial charge is 0.409 e. The number of hydrogen-bond donors (Lipinski definition) is 0. The zero-order valence-corrected chi connectivity index (χ0v) is 11.7. The number of hydrogen-bond acceptors (Lipinski definition) is 2. The highest BCUT2D eigenvalue weighted by atomic mass is 35.5. The molecule has 2 rings (SSSR count). The fourth-order valence-electron chi connectivity index (χ4n) is 2.03. The molecule has 0 heterocycles. The third-order valence-electron chi connectivity index (χ3n) is 3.05. The summed E-state index contributed by atoms with van der Waals surface area (Å²) in [6.45, 7) is 4.14. The SMILES string of the molecule is Cc1ccc(C)c(Cc2ccccc2OC(=O)Cl)c1. The summed E-state index contributed by atoms with van der Waals surface area (Å²) in [6, 6.07) is 13.8. The van der Waals surface area contributed by atoms with Gasteiger partial charge < -0.3 is 4.74 Å². The molecule has 0 fully saturated rings. The molecule has 0 aliphatic carbocycles. The number of carbonyl (C=O) groups is 1. The third-order valence-corrected chi connectivity index (χ3v) is 3.13. The molecule has 2 nitrogen and oxygen atoms in total. The van der Waals surface area contributed by atoms with Crippen LogP contribution in [-0.4, -0.2) is 5.43 Å². The average Bonchev–Trinajstić information content (AvgIpc) is 2.35. The van der Waals surface area contributed by atoms with Gasteiger partial charge in [0.15, 0.2) is 0 Å². The summed E-state index contributed by atoms with van der Waals surface area (Å²) in [5.74, 6) is 0.517. The molecule has 0 saturated carbocycles. The summed E-state index contributed by atoms with van der Waals surface area (Å²) in [4.78, 5) is 10.9. The molecule has 3 heteroatoms. The molecule has 98 valence electrons. The Kier molecular flexibility index (Phi) is 4.23. The molecule has 0 unspecified atom stereocenters. The summed E-state index contributed by atoms with van der Waals surface area (Å²) in [5.41, 5.74) is 3.79. The average molecular weight is 275 g/mol. The van der Waals surface area contributed by atoms with E-state index in [0.717, 1.165) is 5.56 Å². The van der Waals surface area contributed by atoms with Crippen LogP contribution in [-0.2, 0) is 6.42 Å². The van der Waals surface area contributed by atoms with Crippen molar-refractivity contribution in [1.29, 1.82) is 0 Å². The second-order valence-electron chi connectivity index (χ2n) is 4.55. The van der Waals surface area contributed by atoms with Crippen molar-refractivity contribution in [3.8, 4) is 5.75 Å². The van der Waals surface area contributed by atoms with Crippen molar-refractivity contribution in [2.24, 2.45) is 0 Å².